The summed E-state index contributed by atoms with van der Waals surface area (Å²) in [4.78, 5) is 21.0. The number of carboxylic acids is 1. The molecule has 0 unspecified atom stereocenters. The lowest BCUT2D eigenvalue weighted by atomic mass is 10.3. The highest BCUT2D eigenvalue weighted by atomic mass is 19.4. The van der Waals surface area contributed by atoms with E-state index in [-0.39, 0.29) is 24.0 Å². The zero-order valence-corrected chi connectivity index (χ0v) is 10.8. The number of hydrogen-bond donors (Lipinski definition) is 0. The summed E-state index contributed by atoms with van der Waals surface area (Å²) < 4.78 is 64.1. The van der Waals surface area contributed by atoms with Gasteiger partial charge in [-0.05, 0) is 0 Å². The van der Waals surface area contributed by atoms with Crippen LogP contribution in [0.3, 0.4) is 0 Å². The maximum atomic E-state index is 12.5. The van der Waals surface area contributed by atoms with Crippen molar-refractivity contribution in [2.24, 2.45) is 0 Å². The smallest absolute Gasteiger partial charge is 0.465 e. The standard InChI is InChI=1S/C10H14F5NO4/c1-16(2,6-7(17)18)4-3-5-20-8(19)9(11,12)10(13,14)15/h3-6H2,1-2H3. The van der Waals surface area contributed by atoms with Gasteiger partial charge in [-0.15, -0.1) is 0 Å². The molecule has 0 aromatic carbocycles. The number of aliphatic carboxylic acids is 1. The number of hydrogen-bond acceptors (Lipinski definition) is 4. The fraction of sp³-hybridized carbons (Fsp3) is 0.800. The maximum Gasteiger partial charge on any atom is 0.465 e. The Bertz CT molecular complexity index is 367. The molecule has 0 aliphatic rings. The summed E-state index contributed by atoms with van der Waals surface area (Å²) >= 11 is 0. The molecule has 118 valence electrons. The van der Waals surface area contributed by atoms with Gasteiger partial charge in [0.2, 0.25) is 0 Å². The molecule has 0 aromatic heterocycles. The Balaban J connectivity index is 4.21. The van der Waals surface area contributed by atoms with Crippen molar-refractivity contribution in [3.8, 4) is 0 Å². The third kappa shape index (κ3) is 5.68. The van der Waals surface area contributed by atoms with Gasteiger partial charge in [-0.3, -0.25) is 0 Å². The van der Waals surface area contributed by atoms with Gasteiger partial charge in [0.1, 0.15) is 6.54 Å². The molecule has 0 amide bonds. The Morgan fingerprint density at radius 2 is 1.65 bits per heavy atom. The minimum atomic E-state index is -6.01. The van der Waals surface area contributed by atoms with E-state index in [0.29, 0.717) is 0 Å². The number of likely N-dealkylation sites (N-methyl/N-ethyl adjacent to an activating group) is 1. The number of halogens is 5. The van der Waals surface area contributed by atoms with Crippen LogP contribution < -0.4 is 5.11 Å². The molecule has 20 heavy (non-hydrogen) atoms. The van der Waals surface area contributed by atoms with Crippen LogP contribution in [0.5, 0.6) is 0 Å². The van der Waals surface area contributed by atoms with E-state index in [2.05, 4.69) is 4.74 Å². The van der Waals surface area contributed by atoms with E-state index in [1.54, 1.807) is 0 Å². The third-order valence-corrected chi connectivity index (χ3v) is 2.31. The number of quaternary nitrogens is 1. The van der Waals surface area contributed by atoms with Gasteiger partial charge < -0.3 is 19.1 Å². The molecular weight excluding hydrogens is 293 g/mol. The molecule has 0 heterocycles. The zero-order chi connectivity index (χ0) is 16.2. The Kier molecular flexibility index (Phi) is 5.87. The molecule has 0 fully saturated rings. The van der Waals surface area contributed by atoms with E-state index in [1.165, 1.54) is 14.1 Å². The topological polar surface area (TPSA) is 66.4 Å². The largest absolute Gasteiger partial charge is 0.544 e. The van der Waals surface area contributed by atoms with Crippen LogP contribution in [0.15, 0.2) is 0 Å². The van der Waals surface area contributed by atoms with Crippen molar-refractivity contribution in [2.45, 2.75) is 18.5 Å². The van der Waals surface area contributed by atoms with Crippen molar-refractivity contribution in [3.05, 3.63) is 0 Å². The molecule has 0 radical (unpaired) electrons. The summed E-state index contributed by atoms with van der Waals surface area (Å²) in [7, 11) is 2.98. The van der Waals surface area contributed by atoms with Crippen molar-refractivity contribution < 1.29 is 45.9 Å². The first-order chi connectivity index (χ1) is 8.79. The molecule has 0 aliphatic heterocycles. The van der Waals surface area contributed by atoms with Gasteiger partial charge in [0, 0.05) is 6.42 Å². The summed E-state index contributed by atoms with van der Waals surface area (Å²) in [5.74, 6) is -9.56. The predicted molar refractivity (Wildman–Crippen MR) is 53.4 cm³/mol. The van der Waals surface area contributed by atoms with Crippen LogP contribution in [0.2, 0.25) is 0 Å². The highest BCUT2D eigenvalue weighted by molar-refractivity contribution is 5.78. The molecule has 0 spiro atoms. The predicted octanol–water partition coefficient (Wildman–Crippen LogP) is -0.0564. The normalized spacial score (nSPS) is 13.2. The van der Waals surface area contributed by atoms with Crippen molar-refractivity contribution in [1.29, 1.82) is 0 Å². The molecule has 0 rings (SSSR count). The Labute approximate surface area is 111 Å². The fourth-order valence-electron chi connectivity index (χ4n) is 1.29. The molecule has 10 heteroatoms. The minimum Gasteiger partial charge on any atom is -0.544 e. The maximum absolute atomic E-state index is 12.5. The number of carboxylic acid groups (broad SMARTS) is 1. The van der Waals surface area contributed by atoms with Crippen molar-refractivity contribution >= 4 is 11.9 Å². The molecule has 0 aliphatic carbocycles. The van der Waals surface area contributed by atoms with Crippen molar-refractivity contribution in [2.75, 3.05) is 33.8 Å². The van der Waals surface area contributed by atoms with Crippen molar-refractivity contribution in [3.63, 3.8) is 0 Å². The van der Waals surface area contributed by atoms with Crippen LogP contribution in [-0.4, -0.2) is 62.3 Å². The molecule has 0 bridgehead atoms. The summed E-state index contributed by atoms with van der Waals surface area (Å²) in [5, 5.41) is 10.4. The highest BCUT2D eigenvalue weighted by Gasteiger charge is 2.64. The second-order valence-electron chi connectivity index (χ2n) is 4.75. The third-order valence-electron chi connectivity index (χ3n) is 2.31. The first-order valence-electron chi connectivity index (χ1n) is 5.43. The van der Waals surface area contributed by atoms with Gasteiger partial charge in [-0.2, -0.15) is 22.0 Å². The number of nitrogens with zero attached hydrogens (tertiary/aromatic N) is 1. The summed E-state index contributed by atoms with van der Waals surface area (Å²) in [6.07, 6.45) is -6.08. The van der Waals surface area contributed by atoms with Gasteiger partial charge in [-0.1, -0.05) is 0 Å². The van der Waals surface area contributed by atoms with E-state index in [1.807, 2.05) is 0 Å². The minimum absolute atomic E-state index is 0.0695. The molecular formula is C10H14F5NO4. The lowest BCUT2D eigenvalue weighted by Crippen LogP contribution is -2.49. The van der Waals surface area contributed by atoms with E-state index in [0.717, 1.165) is 0 Å². The number of alkyl halides is 5. The Hall–Kier alpha value is -1.45. The first kappa shape index (κ1) is 18.6. The fourth-order valence-corrected chi connectivity index (χ4v) is 1.29. The second-order valence-corrected chi connectivity index (χ2v) is 4.75. The second kappa shape index (κ2) is 6.33. The van der Waals surface area contributed by atoms with Crippen LogP contribution in [0.1, 0.15) is 6.42 Å². The zero-order valence-electron chi connectivity index (χ0n) is 10.8. The summed E-state index contributed by atoms with van der Waals surface area (Å²) in [6.45, 7) is -0.940. The van der Waals surface area contributed by atoms with Crippen molar-refractivity contribution in [1.82, 2.24) is 0 Å². The SMILES string of the molecule is C[N+](C)(CCCOC(=O)C(F)(F)C(F)(F)F)CC(=O)[O-]. The number of carbonyl (C=O) groups is 2. The molecule has 0 atom stereocenters. The van der Waals surface area contributed by atoms with Gasteiger partial charge in [0.25, 0.3) is 0 Å². The van der Waals surface area contributed by atoms with Crippen LogP contribution >= 0.6 is 0 Å². The Morgan fingerprint density at radius 3 is 2.05 bits per heavy atom. The van der Waals surface area contributed by atoms with Crippen LogP contribution in [0, 0.1) is 0 Å². The molecule has 5 nitrogen and oxygen atoms in total. The van der Waals surface area contributed by atoms with E-state index in [9.17, 15) is 36.6 Å². The first-order valence-corrected chi connectivity index (χ1v) is 5.43. The molecule has 0 N–H and O–H groups in total. The van der Waals surface area contributed by atoms with Gasteiger partial charge in [0.05, 0.1) is 33.2 Å². The average molecular weight is 307 g/mol. The number of esters is 1. The van der Waals surface area contributed by atoms with E-state index in [4.69, 9.17) is 0 Å². The summed E-state index contributed by atoms with van der Waals surface area (Å²) in [6, 6.07) is 0. The van der Waals surface area contributed by atoms with Crippen LogP contribution in [0.4, 0.5) is 22.0 Å². The van der Waals surface area contributed by atoms with Gasteiger partial charge in [0.15, 0.2) is 0 Å². The number of ether oxygens (including phenoxy) is 1. The molecule has 0 saturated carbocycles. The van der Waals surface area contributed by atoms with Gasteiger partial charge in [-0.25, -0.2) is 4.79 Å². The summed E-state index contributed by atoms with van der Waals surface area (Å²) in [5.41, 5.74) is 0. The van der Waals surface area contributed by atoms with Crippen LogP contribution in [-0.2, 0) is 14.3 Å². The highest BCUT2D eigenvalue weighted by Crippen LogP contribution is 2.36. The van der Waals surface area contributed by atoms with E-state index < -0.39 is 30.6 Å². The molecule has 0 aromatic rings. The molecule has 0 saturated heterocycles. The van der Waals surface area contributed by atoms with E-state index >= 15 is 0 Å². The quantitative estimate of drug-likeness (QED) is 0.286. The average Bonchev–Trinajstić information content (AvgIpc) is 2.20. The monoisotopic (exact) mass is 307 g/mol. The lowest BCUT2D eigenvalue weighted by Gasteiger charge is -2.30. The Morgan fingerprint density at radius 1 is 1.15 bits per heavy atom. The lowest BCUT2D eigenvalue weighted by molar-refractivity contribution is -0.885. The van der Waals surface area contributed by atoms with Crippen LogP contribution in [0.25, 0.3) is 0 Å². The van der Waals surface area contributed by atoms with Gasteiger partial charge >= 0.3 is 18.1 Å². The number of rotatable bonds is 7. The number of carbonyl (C=O) groups excluding carboxylic acids is 2.